The first-order chi connectivity index (χ1) is 9.61. The Balaban J connectivity index is 2.31. The van der Waals surface area contributed by atoms with Gasteiger partial charge in [0, 0.05) is 5.39 Å². The van der Waals surface area contributed by atoms with Gasteiger partial charge in [-0.05, 0) is 19.1 Å². The average molecular weight is 272 g/mol. The van der Waals surface area contributed by atoms with Crippen molar-refractivity contribution in [2.24, 2.45) is 0 Å². The maximum Gasteiger partial charge on any atom is 0.343 e. The Hall–Kier alpha value is -2.69. The van der Waals surface area contributed by atoms with E-state index in [0.29, 0.717) is 11.3 Å². The Bertz CT molecular complexity index is 808. The second-order valence-corrected chi connectivity index (χ2v) is 4.37. The first-order valence-corrected chi connectivity index (χ1v) is 6.01. The molecule has 0 bridgehead atoms. The van der Waals surface area contributed by atoms with Gasteiger partial charge >= 0.3 is 5.63 Å². The molecule has 102 valence electrons. The molecule has 0 aliphatic carbocycles. The summed E-state index contributed by atoms with van der Waals surface area (Å²) in [4.78, 5) is 11.7. The van der Waals surface area contributed by atoms with Crippen LogP contribution in [0.4, 0.5) is 0 Å². The summed E-state index contributed by atoms with van der Waals surface area (Å²) in [6.45, 7) is 1.46. The number of para-hydroxylation sites is 1. The van der Waals surface area contributed by atoms with Gasteiger partial charge in [0.2, 0.25) is 11.5 Å². The van der Waals surface area contributed by atoms with E-state index in [1.807, 2.05) is 18.2 Å². The predicted molar refractivity (Wildman–Crippen MR) is 73.1 cm³/mol. The van der Waals surface area contributed by atoms with E-state index in [1.54, 1.807) is 12.1 Å². The molecule has 20 heavy (non-hydrogen) atoms. The lowest BCUT2D eigenvalue weighted by molar-refractivity contribution is 0.346. The second kappa shape index (κ2) is 4.45. The average Bonchev–Trinajstić information content (AvgIpc) is 2.88. The van der Waals surface area contributed by atoms with E-state index in [-0.39, 0.29) is 22.8 Å². The molecule has 1 aromatic carbocycles. The Kier molecular flexibility index (Phi) is 2.75. The summed E-state index contributed by atoms with van der Waals surface area (Å²) in [5.74, 6) is 0.257. The third kappa shape index (κ3) is 1.75. The van der Waals surface area contributed by atoms with Gasteiger partial charge in [-0.15, -0.1) is 0 Å². The molecule has 1 N–H and O–H groups in total. The number of methoxy groups -OCH3 is 1. The fourth-order valence-corrected chi connectivity index (χ4v) is 2.04. The van der Waals surface area contributed by atoms with Gasteiger partial charge in [-0.25, -0.2) is 4.79 Å². The van der Waals surface area contributed by atoms with Crippen molar-refractivity contribution < 1.29 is 18.7 Å². The highest BCUT2D eigenvalue weighted by molar-refractivity contribution is 5.83. The molecule has 0 aliphatic rings. The van der Waals surface area contributed by atoms with Crippen LogP contribution in [0.3, 0.4) is 0 Å². The molecule has 3 aromatic rings. The summed E-state index contributed by atoms with van der Waals surface area (Å²) in [7, 11) is 1.39. The molecule has 0 amide bonds. The van der Waals surface area contributed by atoms with Crippen LogP contribution in [-0.2, 0) is 0 Å². The number of benzene rings is 1. The molecule has 0 saturated carbocycles. The summed E-state index contributed by atoms with van der Waals surface area (Å²) < 4.78 is 15.9. The Morgan fingerprint density at radius 3 is 2.65 bits per heavy atom. The van der Waals surface area contributed by atoms with E-state index < -0.39 is 5.63 Å². The number of furan rings is 1. The first-order valence-electron chi connectivity index (χ1n) is 6.01. The van der Waals surface area contributed by atoms with Crippen LogP contribution < -0.4 is 10.4 Å². The Morgan fingerprint density at radius 1 is 1.20 bits per heavy atom. The van der Waals surface area contributed by atoms with Crippen molar-refractivity contribution in [2.45, 2.75) is 6.92 Å². The van der Waals surface area contributed by atoms with Crippen LogP contribution in [0.1, 0.15) is 5.56 Å². The summed E-state index contributed by atoms with van der Waals surface area (Å²) in [6.07, 6.45) is 0. The third-order valence-corrected chi connectivity index (χ3v) is 3.13. The van der Waals surface area contributed by atoms with E-state index in [1.165, 1.54) is 14.0 Å². The Morgan fingerprint density at radius 2 is 1.95 bits per heavy atom. The van der Waals surface area contributed by atoms with Gasteiger partial charge in [-0.2, -0.15) is 0 Å². The molecule has 0 aliphatic heterocycles. The van der Waals surface area contributed by atoms with Crippen molar-refractivity contribution >= 4 is 11.0 Å². The summed E-state index contributed by atoms with van der Waals surface area (Å²) in [6, 6.07) is 9.13. The van der Waals surface area contributed by atoms with Crippen molar-refractivity contribution in [3.05, 3.63) is 46.3 Å². The second-order valence-electron chi connectivity index (χ2n) is 4.37. The summed E-state index contributed by atoms with van der Waals surface area (Å²) >= 11 is 0. The topological polar surface area (TPSA) is 72.8 Å². The highest BCUT2D eigenvalue weighted by Crippen LogP contribution is 2.39. The number of fused-ring (bicyclic) bond motifs is 1. The zero-order chi connectivity index (χ0) is 14.3. The maximum absolute atomic E-state index is 11.7. The van der Waals surface area contributed by atoms with Crippen LogP contribution in [0.25, 0.3) is 22.5 Å². The minimum Gasteiger partial charge on any atom is -0.504 e. The largest absolute Gasteiger partial charge is 0.504 e. The highest BCUT2D eigenvalue weighted by Gasteiger charge is 2.21. The minimum absolute atomic E-state index is 0.0804. The molecular formula is C15H12O5. The van der Waals surface area contributed by atoms with Gasteiger partial charge in [-0.3, -0.25) is 0 Å². The molecule has 2 heterocycles. The van der Waals surface area contributed by atoms with Crippen LogP contribution in [0.2, 0.25) is 0 Å². The Labute approximate surface area is 114 Å². The van der Waals surface area contributed by atoms with E-state index in [2.05, 4.69) is 0 Å². The van der Waals surface area contributed by atoms with E-state index >= 15 is 0 Å². The molecule has 0 saturated heterocycles. The number of hydrogen-bond acceptors (Lipinski definition) is 5. The van der Waals surface area contributed by atoms with Gasteiger partial charge < -0.3 is 18.7 Å². The SMILES string of the molecule is COc1c(-c2cc3ccccc3o2)oc(=O)c(C)c1O. The fourth-order valence-electron chi connectivity index (χ4n) is 2.04. The van der Waals surface area contributed by atoms with Crippen LogP contribution in [-0.4, -0.2) is 12.2 Å². The van der Waals surface area contributed by atoms with Gasteiger partial charge in [0.1, 0.15) is 5.58 Å². The van der Waals surface area contributed by atoms with Crippen LogP contribution in [0, 0.1) is 6.92 Å². The van der Waals surface area contributed by atoms with Gasteiger partial charge in [0.15, 0.2) is 11.5 Å². The first kappa shape index (κ1) is 12.3. The molecule has 0 atom stereocenters. The number of aromatic hydroxyl groups is 1. The molecule has 2 aromatic heterocycles. The lowest BCUT2D eigenvalue weighted by atomic mass is 10.2. The van der Waals surface area contributed by atoms with Gasteiger partial charge in [0.05, 0.1) is 12.7 Å². The van der Waals surface area contributed by atoms with E-state index in [4.69, 9.17) is 13.6 Å². The molecule has 0 radical (unpaired) electrons. The quantitative estimate of drug-likeness (QED) is 0.776. The molecule has 0 fully saturated rings. The molecule has 5 heteroatoms. The number of rotatable bonds is 2. The van der Waals surface area contributed by atoms with Crippen molar-refractivity contribution in [3.8, 4) is 23.0 Å². The van der Waals surface area contributed by atoms with Crippen LogP contribution in [0.5, 0.6) is 11.5 Å². The lowest BCUT2D eigenvalue weighted by Crippen LogP contribution is -2.05. The smallest absolute Gasteiger partial charge is 0.343 e. The van der Waals surface area contributed by atoms with E-state index in [9.17, 15) is 9.90 Å². The van der Waals surface area contributed by atoms with Crippen molar-refractivity contribution in [1.82, 2.24) is 0 Å². The van der Waals surface area contributed by atoms with Crippen LogP contribution >= 0.6 is 0 Å². The minimum atomic E-state index is -0.626. The van der Waals surface area contributed by atoms with Gasteiger partial charge in [0.25, 0.3) is 0 Å². The summed E-state index contributed by atoms with van der Waals surface area (Å²) in [5.41, 5.74) is 0.132. The van der Waals surface area contributed by atoms with Crippen molar-refractivity contribution in [1.29, 1.82) is 0 Å². The standard InChI is InChI=1S/C15H12O5/c1-8-12(16)14(18-2)13(20-15(8)17)11-7-9-5-3-4-6-10(9)19-11/h3-7,16H,1-2H3. The molecule has 0 spiro atoms. The number of hydrogen-bond donors (Lipinski definition) is 1. The molecular weight excluding hydrogens is 260 g/mol. The third-order valence-electron chi connectivity index (χ3n) is 3.13. The van der Waals surface area contributed by atoms with Crippen LogP contribution in [0.15, 0.2) is 44.0 Å². The molecule has 5 nitrogen and oxygen atoms in total. The highest BCUT2D eigenvalue weighted by atomic mass is 16.5. The van der Waals surface area contributed by atoms with Crippen molar-refractivity contribution in [3.63, 3.8) is 0 Å². The van der Waals surface area contributed by atoms with E-state index in [0.717, 1.165) is 5.39 Å². The normalized spacial score (nSPS) is 10.9. The molecule has 3 rings (SSSR count). The summed E-state index contributed by atoms with van der Waals surface area (Å²) in [5, 5.41) is 10.8. The zero-order valence-electron chi connectivity index (χ0n) is 11.0. The maximum atomic E-state index is 11.7. The van der Waals surface area contributed by atoms with Gasteiger partial charge in [-0.1, -0.05) is 18.2 Å². The molecule has 0 unspecified atom stereocenters. The predicted octanol–water partition coefficient (Wildman–Crippen LogP) is 3.08. The lowest BCUT2D eigenvalue weighted by Gasteiger charge is -2.08. The fraction of sp³-hybridized carbons (Fsp3) is 0.133. The number of ether oxygens (including phenoxy) is 1. The monoisotopic (exact) mass is 272 g/mol. The van der Waals surface area contributed by atoms with Crippen molar-refractivity contribution in [2.75, 3.05) is 7.11 Å². The zero-order valence-corrected chi connectivity index (χ0v) is 11.0.